The van der Waals surface area contributed by atoms with E-state index in [0.717, 1.165) is 17.1 Å². The summed E-state index contributed by atoms with van der Waals surface area (Å²) >= 11 is 0. The number of nitrogens with zero attached hydrogens (tertiary/aromatic N) is 6. The maximum Gasteiger partial charge on any atom is 0.328 e. The molecule has 0 aliphatic heterocycles. The SMILES string of the molecule is Cc1cc(C)n(Cn2nc(C)c(NC(=O)c3ccn(C(C)C(=O)O)n3)c2C)n1. The van der Waals surface area contributed by atoms with E-state index in [1.807, 2.05) is 38.4 Å². The number of amides is 1. The fourth-order valence-corrected chi connectivity index (χ4v) is 2.93. The molecular weight excluding hydrogens is 362 g/mol. The molecule has 3 rings (SSSR count). The number of carboxylic acids is 1. The molecule has 0 saturated carbocycles. The van der Waals surface area contributed by atoms with Crippen molar-refractivity contribution >= 4 is 17.6 Å². The van der Waals surface area contributed by atoms with Crippen molar-refractivity contribution in [3.8, 4) is 0 Å². The highest BCUT2D eigenvalue weighted by Gasteiger charge is 2.20. The van der Waals surface area contributed by atoms with Crippen LogP contribution in [0.25, 0.3) is 0 Å². The van der Waals surface area contributed by atoms with E-state index in [9.17, 15) is 9.59 Å². The van der Waals surface area contributed by atoms with Crippen molar-refractivity contribution < 1.29 is 14.7 Å². The Bertz CT molecular complexity index is 1040. The zero-order chi connectivity index (χ0) is 20.6. The van der Waals surface area contributed by atoms with Crippen molar-refractivity contribution in [1.29, 1.82) is 0 Å². The first-order valence-electron chi connectivity index (χ1n) is 8.81. The maximum atomic E-state index is 12.6. The topological polar surface area (TPSA) is 120 Å². The number of nitrogens with one attached hydrogen (secondary N) is 1. The van der Waals surface area contributed by atoms with Crippen LogP contribution in [0, 0.1) is 27.7 Å². The third-order valence-electron chi connectivity index (χ3n) is 4.59. The van der Waals surface area contributed by atoms with Crippen molar-refractivity contribution in [2.24, 2.45) is 0 Å². The van der Waals surface area contributed by atoms with Gasteiger partial charge in [-0.3, -0.25) is 9.48 Å². The lowest BCUT2D eigenvalue weighted by Gasteiger charge is -2.08. The molecule has 1 unspecified atom stereocenters. The van der Waals surface area contributed by atoms with Gasteiger partial charge in [-0.05, 0) is 46.8 Å². The molecule has 0 spiro atoms. The number of hydrogen-bond donors (Lipinski definition) is 2. The summed E-state index contributed by atoms with van der Waals surface area (Å²) < 4.78 is 4.86. The molecule has 3 aromatic rings. The molecule has 0 fully saturated rings. The Morgan fingerprint density at radius 2 is 1.86 bits per heavy atom. The molecule has 3 aromatic heterocycles. The molecule has 0 saturated heterocycles. The highest BCUT2D eigenvalue weighted by molar-refractivity contribution is 6.03. The number of carbonyl (C=O) groups is 2. The van der Waals surface area contributed by atoms with Crippen LogP contribution in [-0.4, -0.2) is 46.3 Å². The van der Waals surface area contributed by atoms with Gasteiger partial charge in [-0.2, -0.15) is 15.3 Å². The van der Waals surface area contributed by atoms with Crippen LogP contribution in [0.5, 0.6) is 0 Å². The number of rotatable bonds is 6. The van der Waals surface area contributed by atoms with Gasteiger partial charge in [0.15, 0.2) is 5.69 Å². The first-order valence-corrected chi connectivity index (χ1v) is 8.81. The molecule has 0 aliphatic carbocycles. The van der Waals surface area contributed by atoms with Crippen LogP contribution in [0.15, 0.2) is 18.3 Å². The minimum atomic E-state index is -1.02. The zero-order valence-corrected chi connectivity index (χ0v) is 16.5. The van der Waals surface area contributed by atoms with Crippen molar-refractivity contribution in [2.75, 3.05) is 5.32 Å². The summed E-state index contributed by atoms with van der Waals surface area (Å²) in [6, 6.07) is 2.62. The number of carboxylic acid groups (broad SMARTS) is 1. The molecule has 10 nitrogen and oxygen atoms in total. The first-order chi connectivity index (χ1) is 13.2. The van der Waals surface area contributed by atoms with Crippen LogP contribution < -0.4 is 5.32 Å². The third kappa shape index (κ3) is 3.66. The molecule has 148 valence electrons. The molecule has 2 N–H and O–H groups in total. The van der Waals surface area contributed by atoms with Crippen LogP contribution in [0.4, 0.5) is 5.69 Å². The van der Waals surface area contributed by atoms with Crippen LogP contribution in [0.1, 0.15) is 46.2 Å². The van der Waals surface area contributed by atoms with Gasteiger partial charge in [0.2, 0.25) is 0 Å². The van der Waals surface area contributed by atoms with Gasteiger partial charge in [-0.1, -0.05) is 0 Å². The van der Waals surface area contributed by atoms with Gasteiger partial charge in [0, 0.05) is 11.9 Å². The second kappa shape index (κ2) is 7.29. The zero-order valence-electron chi connectivity index (χ0n) is 16.5. The number of aliphatic carboxylic acids is 1. The van der Waals surface area contributed by atoms with E-state index in [1.165, 1.54) is 23.9 Å². The Balaban J connectivity index is 1.79. The quantitative estimate of drug-likeness (QED) is 0.669. The van der Waals surface area contributed by atoms with Crippen molar-refractivity contribution in [2.45, 2.75) is 47.3 Å². The molecule has 0 aromatic carbocycles. The molecule has 3 heterocycles. The van der Waals surface area contributed by atoms with Gasteiger partial charge in [0.05, 0.1) is 22.8 Å². The Morgan fingerprint density at radius 1 is 1.14 bits per heavy atom. The fraction of sp³-hybridized carbons (Fsp3) is 0.389. The number of aromatic nitrogens is 6. The predicted molar refractivity (Wildman–Crippen MR) is 101 cm³/mol. The molecule has 1 amide bonds. The number of carbonyl (C=O) groups excluding carboxylic acids is 1. The Labute approximate surface area is 161 Å². The fourth-order valence-electron chi connectivity index (χ4n) is 2.93. The maximum absolute atomic E-state index is 12.6. The van der Waals surface area contributed by atoms with E-state index >= 15 is 0 Å². The highest BCUT2D eigenvalue weighted by Crippen LogP contribution is 2.21. The van der Waals surface area contributed by atoms with E-state index in [4.69, 9.17) is 5.11 Å². The monoisotopic (exact) mass is 385 g/mol. The van der Waals surface area contributed by atoms with Gasteiger partial charge < -0.3 is 10.4 Å². The summed E-state index contributed by atoms with van der Waals surface area (Å²) in [5.74, 6) is -1.44. The molecule has 10 heteroatoms. The van der Waals surface area contributed by atoms with Crippen LogP contribution in [0.2, 0.25) is 0 Å². The minimum absolute atomic E-state index is 0.137. The van der Waals surface area contributed by atoms with E-state index in [1.54, 1.807) is 4.68 Å². The molecule has 1 atom stereocenters. The summed E-state index contributed by atoms with van der Waals surface area (Å²) in [5.41, 5.74) is 4.15. The van der Waals surface area contributed by atoms with Crippen LogP contribution in [0.3, 0.4) is 0 Å². The normalized spacial score (nSPS) is 12.2. The standard InChI is InChI=1S/C18H23N7O3/c1-10-8-11(2)24(20-10)9-25-13(4)16(12(3)21-25)19-17(26)15-6-7-23(22-15)14(5)18(27)28/h6-8,14H,9H2,1-5H3,(H,19,26)(H,27,28). The second-order valence-corrected chi connectivity index (χ2v) is 6.76. The van der Waals surface area contributed by atoms with Gasteiger partial charge in [-0.25, -0.2) is 14.2 Å². The molecule has 0 bridgehead atoms. The van der Waals surface area contributed by atoms with E-state index in [0.29, 0.717) is 18.1 Å². The lowest BCUT2D eigenvalue weighted by atomic mass is 10.3. The number of hydrogen-bond acceptors (Lipinski definition) is 5. The smallest absolute Gasteiger partial charge is 0.328 e. The van der Waals surface area contributed by atoms with Crippen LogP contribution >= 0.6 is 0 Å². The highest BCUT2D eigenvalue weighted by atomic mass is 16.4. The largest absolute Gasteiger partial charge is 0.480 e. The average Bonchev–Trinajstić information content (AvgIpc) is 3.30. The van der Waals surface area contributed by atoms with E-state index in [-0.39, 0.29) is 5.69 Å². The van der Waals surface area contributed by atoms with Gasteiger partial charge in [-0.15, -0.1) is 0 Å². The average molecular weight is 385 g/mol. The lowest BCUT2D eigenvalue weighted by molar-refractivity contribution is -0.140. The van der Waals surface area contributed by atoms with Gasteiger partial charge >= 0.3 is 5.97 Å². The number of aryl methyl sites for hydroxylation is 3. The number of anilines is 1. The lowest BCUT2D eigenvalue weighted by Crippen LogP contribution is -2.18. The second-order valence-electron chi connectivity index (χ2n) is 6.76. The van der Waals surface area contributed by atoms with Gasteiger partial charge in [0.25, 0.3) is 5.91 Å². The summed E-state index contributed by atoms with van der Waals surface area (Å²) in [5, 5.41) is 24.9. The predicted octanol–water partition coefficient (Wildman–Crippen LogP) is 1.91. The summed E-state index contributed by atoms with van der Waals surface area (Å²) in [6.07, 6.45) is 1.47. The molecular formula is C18H23N7O3. The van der Waals surface area contributed by atoms with E-state index in [2.05, 4.69) is 20.6 Å². The first kappa shape index (κ1) is 19.3. The minimum Gasteiger partial charge on any atom is -0.480 e. The molecule has 0 radical (unpaired) electrons. The Kier molecular flexibility index (Phi) is 5.04. The van der Waals surface area contributed by atoms with Crippen molar-refractivity contribution in [3.05, 3.63) is 46.8 Å². The summed E-state index contributed by atoms with van der Waals surface area (Å²) in [4.78, 5) is 23.6. The Morgan fingerprint density at radius 3 is 2.46 bits per heavy atom. The summed E-state index contributed by atoms with van der Waals surface area (Å²) in [6.45, 7) is 9.52. The Hall–Kier alpha value is -3.43. The molecule has 0 aliphatic rings. The van der Waals surface area contributed by atoms with Crippen molar-refractivity contribution in [1.82, 2.24) is 29.3 Å². The molecule has 28 heavy (non-hydrogen) atoms. The third-order valence-corrected chi connectivity index (χ3v) is 4.59. The van der Waals surface area contributed by atoms with Gasteiger partial charge in [0.1, 0.15) is 12.7 Å². The summed E-state index contributed by atoms with van der Waals surface area (Å²) in [7, 11) is 0. The van der Waals surface area contributed by atoms with Crippen LogP contribution in [-0.2, 0) is 11.5 Å². The van der Waals surface area contributed by atoms with Crippen molar-refractivity contribution in [3.63, 3.8) is 0 Å². The van der Waals surface area contributed by atoms with E-state index < -0.39 is 17.9 Å².